The van der Waals surface area contributed by atoms with Gasteiger partial charge in [-0.1, -0.05) is 23.2 Å². The fraction of sp³-hybridized carbons (Fsp3) is 0.300. The van der Waals surface area contributed by atoms with E-state index in [1.165, 1.54) is 0 Å². The normalized spacial score (nSPS) is 14.5. The van der Waals surface area contributed by atoms with Crippen LogP contribution in [-0.2, 0) is 0 Å². The summed E-state index contributed by atoms with van der Waals surface area (Å²) in [7, 11) is 0. The van der Waals surface area contributed by atoms with Crippen molar-refractivity contribution in [3.8, 4) is 6.07 Å². The van der Waals surface area contributed by atoms with Crippen molar-refractivity contribution in [3.63, 3.8) is 0 Å². The van der Waals surface area contributed by atoms with Gasteiger partial charge in [0.1, 0.15) is 0 Å². The molecule has 0 fully saturated rings. The zero-order valence-corrected chi connectivity index (χ0v) is 9.05. The zero-order chi connectivity index (χ0) is 10.7. The van der Waals surface area contributed by atoms with E-state index < -0.39 is 12.0 Å². The topological polar surface area (TPSA) is 44.0 Å². The standard InChI is InChI=1S/C10H9Cl2NO/c1-6(5-13)10(14)8-4-7(11)2-3-9(8)12/h2-4,6,10,14H,1H3. The van der Waals surface area contributed by atoms with Crippen LogP contribution < -0.4 is 0 Å². The second kappa shape index (κ2) is 4.65. The summed E-state index contributed by atoms with van der Waals surface area (Å²) in [5.41, 5.74) is 0.494. The van der Waals surface area contributed by atoms with E-state index in [1.807, 2.05) is 6.07 Å². The van der Waals surface area contributed by atoms with Gasteiger partial charge in [-0.25, -0.2) is 0 Å². The van der Waals surface area contributed by atoms with Crippen LogP contribution in [0.1, 0.15) is 18.6 Å². The molecule has 0 aliphatic rings. The molecule has 0 spiro atoms. The smallest absolute Gasteiger partial charge is 0.0960 e. The van der Waals surface area contributed by atoms with Gasteiger partial charge in [-0.15, -0.1) is 0 Å². The molecule has 2 nitrogen and oxygen atoms in total. The molecule has 4 heteroatoms. The Kier molecular flexibility index (Phi) is 3.77. The summed E-state index contributed by atoms with van der Waals surface area (Å²) in [5, 5.41) is 19.3. The lowest BCUT2D eigenvalue weighted by atomic mass is 9.99. The van der Waals surface area contributed by atoms with Gasteiger partial charge in [-0.3, -0.25) is 0 Å². The van der Waals surface area contributed by atoms with Crippen LogP contribution in [0.3, 0.4) is 0 Å². The third-order valence-electron chi connectivity index (χ3n) is 1.95. The first-order valence-electron chi connectivity index (χ1n) is 4.09. The predicted octanol–water partition coefficient (Wildman–Crippen LogP) is 3.19. The van der Waals surface area contributed by atoms with Crippen molar-refractivity contribution in [2.75, 3.05) is 0 Å². The highest BCUT2D eigenvalue weighted by Gasteiger charge is 2.18. The van der Waals surface area contributed by atoms with Gasteiger partial charge in [0.2, 0.25) is 0 Å². The molecule has 1 rings (SSSR count). The molecule has 1 aromatic carbocycles. The fourth-order valence-corrected chi connectivity index (χ4v) is 1.49. The Labute approximate surface area is 92.7 Å². The Hall–Kier alpha value is -0.750. The number of benzene rings is 1. The summed E-state index contributed by atoms with van der Waals surface area (Å²) < 4.78 is 0. The molecule has 74 valence electrons. The van der Waals surface area contributed by atoms with Gasteiger partial charge in [0.25, 0.3) is 0 Å². The minimum Gasteiger partial charge on any atom is -0.387 e. The first kappa shape index (κ1) is 11.3. The average Bonchev–Trinajstić information content (AvgIpc) is 2.19. The van der Waals surface area contributed by atoms with Crippen LogP contribution in [0.5, 0.6) is 0 Å². The second-order valence-corrected chi connectivity index (χ2v) is 3.87. The number of aliphatic hydroxyl groups is 1. The van der Waals surface area contributed by atoms with E-state index in [4.69, 9.17) is 28.5 Å². The number of rotatable bonds is 2. The Morgan fingerprint density at radius 2 is 2.07 bits per heavy atom. The monoisotopic (exact) mass is 229 g/mol. The Bertz CT molecular complexity index is 373. The van der Waals surface area contributed by atoms with Gasteiger partial charge < -0.3 is 5.11 Å². The number of hydrogen-bond donors (Lipinski definition) is 1. The second-order valence-electron chi connectivity index (χ2n) is 3.03. The van der Waals surface area contributed by atoms with Crippen LogP contribution in [0.4, 0.5) is 0 Å². The number of nitrogens with zero attached hydrogens (tertiary/aromatic N) is 1. The first-order valence-corrected chi connectivity index (χ1v) is 4.84. The summed E-state index contributed by atoms with van der Waals surface area (Å²) in [4.78, 5) is 0. The van der Waals surface area contributed by atoms with Crippen LogP contribution in [0.2, 0.25) is 10.0 Å². The molecule has 1 aromatic rings. The Balaban J connectivity index is 3.07. The number of hydrogen-bond acceptors (Lipinski definition) is 2. The summed E-state index contributed by atoms with van der Waals surface area (Å²) >= 11 is 11.6. The van der Waals surface area contributed by atoms with E-state index in [1.54, 1.807) is 25.1 Å². The largest absolute Gasteiger partial charge is 0.387 e. The van der Waals surface area contributed by atoms with Gasteiger partial charge in [0.05, 0.1) is 18.1 Å². The van der Waals surface area contributed by atoms with E-state index in [2.05, 4.69) is 0 Å². The van der Waals surface area contributed by atoms with Gasteiger partial charge in [0, 0.05) is 15.6 Å². The van der Waals surface area contributed by atoms with Crippen molar-refractivity contribution in [1.29, 1.82) is 5.26 Å². The SMILES string of the molecule is CC(C#N)C(O)c1cc(Cl)ccc1Cl. The maximum Gasteiger partial charge on any atom is 0.0960 e. The molecule has 0 aliphatic heterocycles. The number of aliphatic hydroxyl groups excluding tert-OH is 1. The van der Waals surface area contributed by atoms with Crippen molar-refractivity contribution in [2.45, 2.75) is 13.0 Å². The first-order chi connectivity index (χ1) is 6.56. The van der Waals surface area contributed by atoms with Crippen LogP contribution in [0.15, 0.2) is 18.2 Å². The lowest BCUT2D eigenvalue weighted by Crippen LogP contribution is -2.07. The third-order valence-corrected chi connectivity index (χ3v) is 2.53. The Morgan fingerprint density at radius 1 is 1.43 bits per heavy atom. The fourth-order valence-electron chi connectivity index (χ4n) is 1.08. The molecule has 14 heavy (non-hydrogen) atoms. The maximum atomic E-state index is 9.73. The van der Waals surface area contributed by atoms with Gasteiger partial charge in [0.15, 0.2) is 0 Å². The highest BCUT2D eigenvalue weighted by atomic mass is 35.5. The number of nitriles is 1. The van der Waals surface area contributed by atoms with Crippen molar-refractivity contribution in [2.24, 2.45) is 5.92 Å². The zero-order valence-electron chi connectivity index (χ0n) is 7.54. The van der Waals surface area contributed by atoms with Crippen LogP contribution in [0.25, 0.3) is 0 Å². The summed E-state index contributed by atoms with van der Waals surface area (Å²) in [6.45, 7) is 1.63. The third kappa shape index (κ3) is 2.39. The van der Waals surface area contributed by atoms with E-state index in [9.17, 15) is 5.11 Å². The lowest BCUT2D eigenvalue weighted by Gasteiger charge is -2.14. The van der Waals surface area contributed by atoms with Gasteiger partial charge in [-0.2, -0.15) is 5.26 Å². The molecular formula is C10H9Cl2NO. The molecular weight excluding hydrogens is 221 g/mol. The van der Waals surface area contributed by atoms with Crippen molar-refractivity contribution < 1.29 is 5.11 Å². The molecule has 2 atom stereocenters. The molecule has 0 aromatic heterocycles. The molecule has 0 amide bonds. The lowest BCUT2D eigenvalue weighted by molar-refractivity contribution is 0.143. The molecule has 0 aliphatic carbocycles. The molecule has 0 radical (unpaired) electrons. The summed E-state index contributed by atoms with van der Waals surface area (Å²) in [6.07, 6.45) is -0.897. The van der Waals surface area contributed by atoms with Gasteiger partial charge >= 0.3 is 0 Å². The van der Waals surface area contributed by atoms with Gasteiger partial charge in [-0.05, 0) is 25.1 Å². The minimum absolute atomic E-state index is 0.420. The van der Waals surface area contributed by atoms with Crippen molar-refractivity contribution >= 4 is 23.2 Å². The Morgan fingerprint density at radius 3 is 2.64 bits per heavy atom. The van der Waals surface area contributed by atoms with E-state index >= 15 is 0 Å². The average molecular weight is 230 g/mol. The minimum atomic E-state index is -0.897. The molecule has 0 heterocycles. The van der Waals surface area contributed by atoms with E-state index in [0.29, 0.717) is 15.6 Å². The molecule has 0 bridgehead atoms. The summed E-state index contributed by atoms with van der Waals surface area (Å²) in [6, 6.07) is 6.77. The van der Waals surface area contributed by atoms with E-state index in [-0.39, 0.29) is 0 Å². The van der Waals surface area contributed by atoms with E-state index in [0.717, 1.165) is 0 Å². The highest BCUT2D eigenvalue weighted by Crippen LogP contribution is 2.30. The molecule has 1 N–H and O–H groups in total. The highest BCUT2D eigenvalue weighted by molar-refractivity contribution is 6.33. The van der Waals surface area contributed by atoms with Crippen molar-refractivity contribution in [3.05, 3.63) is 33.8 Å². The number of halogens is 2. The quantitative estimate of drug-likeness (QED) is 0.847. The predicted molar refractivity (Wildman–Crippen MR) is 56.2 cm³/mol. The van der Waals surface area contributed by atoms with Crippen LogP contribution in [0, 0.1) is 17.2 Å². The maximum absolute atomic E-state index is 9.73. The summed E-state index contributed by atoms with van der Waals surface area (Å²) in [5.74, 6) is -0.508. The molecule has 0 saturated carbocycles. The van der Waals surface area contributed by atoms with Crippen LogP contribution >= 0.6 is 23.2 Å². The van der Waals surface area contributed by atoms with Crippen LogP contribution in [-0.4, -0.2) is 5.11 Å². The molecule has 0 saturated heterocycles. The molecule has 2 unspecified atom stereocenters. The van der Waals surface area contributed by atoms with Crippen molar-refractivity contribution in [1.82, 2.24) is 0 Å².